The van der Waals surface area contributed by atoms with Crippen molar-refractivity contribution in [2.75, 3.05) is 18.0 Å². The maximum atomic E-state index is 12.7. The Balaban J connectivity index is 1.62. The lowest BCUT2D eigenvalue weighted by Gasteiger charge is -2.34. The Hall–Kier alpha value is -2.17. The predicted molar refractivity (Wildman–Crippen MR) is 93.9 cm³/mol. The number of nitrogens with zero attached hydrogens (tertiary/aromatic N) is 2. The third-order valence-electron chi connectivity index (χ3n) is 5.19. The fourth-order valence-electron chi connectivity index (χ4n) is 3.87. The van der Waals surface area contributed by atoms with Gasteiger partial charge < -0.3 is 10.2 Å². The Labute approximate surface area is 142 Å². The number of anilines is 1. The van der Waals surface area contributed by atoms with E-state index in [2.05, 4.69) is 24.2 Å². The molecular formula is C19H23N3O2. The minimum absolute atomic E-state index is 0.0455. The number of rotatable bonds is 2. The van der Waals surface area contributed by atoms with Crippen LogP contribution in [0, 0.1) is 5.41 Å². The molecule has 1 aromatic rings. The summed E-state index contributed by atoms with van der Waals surface area (Å²) in [6.45, 7) is 5.74. The second-order valence-corrected chi connectivity index (χ2v) is 7.91. The van der Waals surface area contributed by atoms with Crippen molar-refractivity contribution in [2.24, 2.45) is 10.4 Å². The van der Waals surface area contributed by atoms with Crippen molar-refractivity contribution in [3.05, 3.63) is 29.3 Å². The first kappa shape index (κ1) is 15.4. The second-order valence-electron chi connectivity index (χ2n) is 7.91. The molecule has 0 bridgehead atoms. The van der Waals surface area contributed by atoms with Gasteiger partial charge in [0.25, 0.3) is 5.91 Å². The van der Waals surface area contributed by atoms with Crippen LogP contribution in [-0.2, 0) is 0 Å². The van der Waals surface area contributed by atoms with Gasteiger partial charge in [-0.1, -0.05) is 26.7 Å². The molecule has 24 heavy (non-hydrogen) atoms. The molecule has 1 aliphatic carbocycles. The van der Waals surface area contributed by atoms with E-state index in [9.17, 15) is 9.59 Å². The highest BCUT2D eigenvalue weighted by Crippen LogP contribution is 2.36. The highest BCUT2D eigenvalue weighted by molar-refractivity contribution is 6.54. The largest absolute Gasteiger partial charge is 0.349 e. The Kier molecular flexibility index (Phi) is 3.48. The summed E-state index contributed by atoms with van der Waals surface area (Å²) in [5.41, 5.74) is 2.09. The number of hydrogen-bond donors (Lipinski definition) is 1. The molecule has 2 aliphatic heterocycles. The highest BCUT2D eigenvalue weighted by atomic mass is 16.2. The van der Waals surface area contributed by atoms with Crippen LogP contribution in [0.2, 0.25) is 0 Å². The van der Waals surface area contributed by atoms with Crippen LogP contribution in [0.15, 0.2) is 23.2 Å². The molecule has 0 spiro atoms. The van der Waals surface area contributed by atoms with Crippen LogP contribution in [0.5, 0.6) is 0 Å². The zero-order valence-electron chi connectivity index (χ0n) is 14.3. The van der Waals surface area contributed by atoms with Gasteiger partial charge in [-0.25, -0.2) is 0 Å². The van der Waals surface area contributed by atoms with E-state index in [0.29, 0.717) is 23.5 Å². The number of ketones is 1. The molecule has 0 aromatic heterocycles. The number of fused-ring (bicyclic) bond motifs is 3. The average Bonchev–Trinajstić information content (AvgIpc) is 3.14. The minimum atomic E-state index is -0.0790. The summed E-state index contributed by atoms with van der Waals surface area (Å²) in [6, 6.07) is 5.72. The van der Waals surface area contributed by atoms with Gasteiger partial charge >= 0.3 is 0 Å². The summed E-state index contributed by atoms with van der Waals surface area (Å²) in [6.07, 6.45) is 4.46. The molecular weight excluding hydrogens is 302 g/mol. The van der Waals surface area contributed by atoms with Gasteiger partial charge in [0, 0.05) is 30.1 Å². The van der Waals surface area contributed by atoms with Crippen molar-refractivity contribution in [1.82, 2.24) is 5.32 Å². The topological polar surface area (TPSA) is 61.8 Å². The van der Waals surface area contributed by atoms with Crippen molar-refractivity contribution in [3.63, 3.8) is 0 Å². The van der Waals surface area contributed by atoms with E-state index in [1.165, 1.54) is 12.8 Å². The van der Waals surface area contributed by atoms with Gasteiger partial charge in [0.05, 0.1) is 11.3 Å². The Bertz CT molecular complexity index is 745. The molecule has 5 heteroatoms. The van der Waals surface area contributed by atoms with Gasteiger partial charge in [0.15, 0.2) is 5.84 Å². The zero-order chi connectivity index (χ0) is 16.9. The minimum Gasteiger partial charge on any atom is -0.349 e. The third-order valence-corrected chi connectivity index (χ3v) is 5.19. The Morgan fingerprint density at radius 2 is 2.04 bits per heavy atom. The van der Waals surface area contributed by atoms with Crippen LogP contribution in [-0.4, -0.2) is 36.7 Å². The van der Waals surface area contributed by atoms with Crippen LogP contribution >= 0.6 is 0 Å². The van der Waals surface area contributed by atoms with Gasteiger partial charge in [0.2, 0.25) is 5.78 Å². The molecule has 1 amide bonds. The molecule has 4 rings (SSSR count). The molecule has 3 aliphatic rings. The molecule has 126 valence electrons. The third kappa shape index (κ3) is 2.52. The normalized spacial score (nSPS) is 22.2. The second kappa shape index (κ2) is 5.43. The van der Waals surface area contributed by atoms with E-state index in [4.69, 9.17) is 0 Å². The smallest absolute Gasteiger partial charge is 0.251 e. The van der Waals surface area contributed by atoms with E-state index in [1.807, 2.05) is 17.0 Å². The molecule has 1 N–H and O–H groups in total. The standard InChI is InChI=1S/C19H23N3O2/c1-19(2)10-20-17-16(23)14-9-12(7-8-15(14)22(17)11-19)18(24)21-13-5-3-4-6-13/h7-9,13H,3-6,10-11H2,1-2H3,(H,21,24). The summed E-state index contributed by atoms with van der Waals surface area (Å²) < 4.78 is 0. The van der Waals surface area contributed by atoms with Crippen molar-refractivity contribution < 1.29 is 9.59 Å². The van der Waals surface area contributed by atoms with Gasteiger partial charge in [-0.15, -0.1) is 0 Å². The summed E-state index contributed by atoms with van der Waals surface area (Å²) >= 11 is 0. The summed E-state index contributed by atoms with van der Waals surface area (Å²) in [7, 11) is 0. The molecule has 1 fully saturated rings. The number of nitrogens with one attached hydrogen (secondary N) is 1. The summed E-state index contributed by atoms with van der Waals surface area (Å²) in [5, 5.41) is 3.08. The molecule has 1 saturated carbocycles. The number of amidine groups is 1. The fourth-order valence-corrected chi connectivity index (χ4v) is 3.87. The molecule has 1 aromatic carbocycles. The molecule has 2 heterocycles. The van der Waals surface area contributed by atoms with Crippen LogP contribution in [0.4, 0.5) is 5.69 Å². The van der Waals surface area contributed by atoms with Crippen LogP contribution < -0.4 is 10.2 Å². The van der Waals surface area contributed by atoms with E-state index in [1.54, 1.807) is 6.07 Å². The summed E-state index contributed by atoms with van der Waals surface area (Å²) in [4.78, 5) is 31.6. The number of hydrogen-bond acceptors (Lipinski definition) is 4. The maximum Gasteiger partial charge on any atom is 0.251 e. The number of carbonyl (C=O) groups is 2. The molecule has 5 nitrogen and oxygen atoms in total. The first-order chi connectivity index (χ1) is 11.4. The molecule has 0 saturated heterocycles. The van der Waals surface area contributed by atoms with Crippen LogP contribution in [0.1, 0.15) is 60.2 Å². The number of benzene rings is 1. The van der Waals surface area contributed by atoms with Gasteiger partial charge in [0.1, 0.15) is 0 Å². The van der Waals surface area contributed by atoms with Gasteiger partial charge in [-0.3, -0.25) is 14.6 Å². The molecule has 0 radical (unpaired) electrons. The maximum absolute atomic E-state index is 12.7. The monoisotopic (exact) mass is 325 g/mol. The SMILES string of the molecule is CC1(C)CN=C2C(=O)c3cc(C(=O)NC4CCCC4)ccc3N2C1. The number of carbonyl (C=O) groups excluding carboxylic acids is 2. The van der Waals surface area contributed by atoms with Crippen LogP contribution in [0.25, 0.3) is 0 Å². The zero-order valence-corrected chi connectivity index (χ0v) is 14.3. The quantitative estimate of drug-likeness (QED) is 0.909. The first-order valence-electron chi connectivity index (χ1n) is 8.76. The lowest BCUT2D eigenvalue weighted by molar-refractivity contribution is 0.0938. The van der Waals surface area contributed by atoms with Gasteiger partial charge in [-0.05, 0) is 31.0 Å². The van der Waals surface area contributed by atoms with Crippen LogP contribution in [0.3, 0.4) is 0 Å². The number of aliphatic imine (C=N–C) groups is 1. The predicted octanol–water partition coefficient (Wildman–Crippen LogP) is 2.80. The van der Waals surface area contributed by atoms with Gasteiger partial charge in [-0.2, -0.15) is 0 Å². The number of Topliss-reactive ketones (excluding diaryl/α,β-unsaturated/α-hetero) is 1. The van der Waals surface area contributed by atoms with E-state index < -0.39 is 0 Å². The van der Waals surface area contributed by atoms with Crippen molar-refractivity contribution >= 4 is 23.2 Å². The molecule has 0 atom stereocenters. The van der Waals surface area contributed by atoms with Crippen molar-refractivity contribution in [3.8, 4) is 0 Å². The average molecular weight is 325 g/mol. The number of amides is 1. The van der Waals surface area contributed by atoms with Crippen molar-refractivity contribution in [1.29, 1.82) is 0 Å². The van der Waals surface area contributed by atoms with E-state index in [0.717, 1.165) is 25.1 Å². The lowest BCUT2D eigenvalue weighted by Crippen LogP contribution is -2.44. The summed E-state index contributed by atoms with van der Waals surface area (Å²) in [5.74, 6) is 0.387. The van der Waals surface area contributed by atoms with E-state index >= 15 is 0 Å². The lowest BCUT2D eigenvalue weighted by atomic mass is 9.91. The van der Waals surface area contributed by atoms with Crippen molar-refractivity contribution in [2.45, 2.75) is 45.6 Å². The first-order valence-corrected chi connectivity index (χ1v) is 8.76. The van der Waals surface area contributed by atoms with E-state index in [-0.39, 0.29) is 23.1 Å². The highest BCUT2D eigenvalue weighted by Gasteiger charge is 2.40. The fraction of sp³-hybridized carbons (Fsp3) is 0.526. The molecule has 0 unspecified atom stereocenters. The Morgan fingerprint density at radius 3 is 2.79 bits per heavy atom. The Morgan fingerprint density at radius 1 is 1.29 bits per heavy atom.